The van der Waals surface area contributed by atoms with E-state index >= 15 is 0 Å². The number of nitrogens with one attached hydrogen (secondary N) is 3. The van der Waals surface area contributed by atoms with Crippen molar-refractivity contribution in [1.29, 1.82) is 0 Å². The fourth-order valence-electron chi connectivity index (χ4n) is 2.44. The van der Waals surface area contributed by atoms with Crippen LogP contribution in [0.5, 0.6) is 11.5 Å². The Balaban J connectivity index is 1.53. The molecule has 3 rings (SSSR count). The maximum absolute atomic E-state index is 12.2. The molecule has 3 N–H and O–H groups in total. The summed E-state index contributed by atoms with van der Waals surface area (Å²) in [7, 11) is 0. The number of para-hydroxylation sites is 2. The normalized spacial score (nSPS) is 10.4. The fraction of sp³-hybridized carbons (Fsp3) is 0.158. The summed E-state index contributed by atoms with van der Waals surface area (Å²) >= 11 is 5.93. The van der Waals surface area contributed by atoms with E-state index in [1.807, 2.05) is 13.0 Å². The molecule has 8 heteroatoms. The van der Waals surface area contributed by atoms with Crippen molar-refractivity contribution in [3.63, 3.8) is 0 Å². The van der Waals surface area contributed by atoms with Crippen LogP contribution in [0.3, 0.4) is 0 Å². The first-order valence-electron chi connectivity index (χ1n) is 8.29. The number of carbonyl (C=O) groups excluding carboxylic acids is 2. The van der Waals surface area contributed by atoms with Gasteiger partial charge in [-0.05, 0) is 43.3 Å². The molecule has 0 fully saturated rings. The molecule has 0 spiro atoms. The molecule has 0 aliphatic carbocycles. The number of amides is 2. The Labute approximate surface area is 160 Å². The Morgan fingerprint density at radius 2 is 1.78 bits per heavy atom. The van der Waals surface area contributed by atoms with Crippen molar-refractivity contribution < 1.29 is 19.1 Å². The molecule has 0 aliphatic heterocycles. The number of benzene rings is 2. The maximum Gasteiger partial charge on any atom is 0.286 e. The van der Waals surface area contributed by atoms with E-state index < -0.39 is 11.8 Å². The average molecular weight is 388 g/mol. The second kappa shape index (κ2) is 8.46. The molecule has 2 amide bonds. The van der Waals surface area contributed by atoms with Gasteiger partial charge in [0.15, 0.2) is 18.1 Å². The largest absolute Gasteiger partial charge is 0.490 e. The number of aromatic nitrogens is 1. The number of hydrazine groups is 1. The molecule has 3 aromatic rings. The third kappa shape index (κ3) is 4.71. The van der Waals surface area contributed by atoms with E-state index in [0.717, 1.165) is 10.9 Å². The van der Waals surface area contributed by atoms with Gasteiger partial charge < -0.3 is 14.5 Å². The lowest BCUT2D eigenvalue weighted by Gasteiger charge is -2.11. The van der Waals surface area contributed by atoms with Crippen LogP contribution in [0.1, 0.15) is 17.4 Å². The van der Waals surface area contributed by atoms with Crippen LogP contribution in [-0.4, -0.2) is 30.0 Å². The molecule has 140 valence electrons. The third-order valence-corrected chi connectivity index (χ3v) is 3.89. The Bertz CT molecular complexity index is 970. The quantitative estimate of drug-likeness (QED) is 0.567. The minimum absolute atomic E-state index is 0.271. The summed E-state index contributed by atoms with van der Waals surface area (Å²) in [6.45, 7) is 2.07. The zero-order valence-electron chi connectivity index (χ0n) is 14.5. The SMILES string of the molecule is CCOc1ccccc1OCC(=O)NNC(=O)c1cc2cc(Cl)ccc2[nH]1. The number of aromatic amines is 1. The molecule has 1 aromatic heterocycles. The molecule has 0 unspecified atom stereocenters. The van der Waals surface area contributed by atoms with Gasteiger partial charge in [0, 0.05) is 15.9 Å². The predicted octanol–water partition coefficient (Wildman–Crippen LogP) is 3.06. The van der Waals surface area contributed by atoms with Gasteiger partial charge >= 0.3 is 0 Å². The lowest BCUT2D eigenvalue weighted by molar-refractivity contribution is -0.123. The maximum atomic E-state index is 12.2. The Kier molecular flexibility index (Phi) is 5.83. The summed E-state index contributed by atoms with van der Waals surface area (Å²) in [6, 6.07) is 13.9. The van der Waals surface area contributed by atoms with Gasteiger partial charge in [0.05, 0.1) is 6.61 Å². The van der Waals surface area contributed by atoms with Gasteiger partial charge in [0.1, 0.15) is 5.69 Å². The van der Waals surface area contributed by atoms with Gasteiger partial charge in [-0.2, -0.15) is 0 Å². The van der Waals surface area contributed by atoms with E-state index in [9.17, 15) is 9.59 Å². The molecular weight excluding hydrogens is 370 g/mol. The summed E-state index contributed by atoms with van der Waals surface area (Å²) in [4.78, 5) is 27.0. The zero-order chi connectivity index (χ0) is 19.2. The molecule has 2 aromatic carbocycles. The van der Waals surface area contributed by atoms with Crippen LogP contribution >= 0.6 is 11.6 Å². The van der Waals surface area contributed by atoms with Crippen LogP contribution in [0.2, 0.25) is 5.02 Å². The number of rotatable bonds is 6. The number of ether oxygens (including phenoxy) is 2. The third-order valence-electron chi connectivity index (χ3n) is 3.65. The van der Waals surface area contributed by atoms with Crippen molar-refractivity contribution in [1.82, 2.24) is 15.8 Å². The molecule has 0 atom stereocenters. The predicted molar refractivity (Wildman–Crippen MR) is 102 cm³/mol. The van der Waals surface area contributed by atoms with E-state index in [1.165, 1.54) is 0 Å². The van der Waals surface area contributed by atoms with Gasteiger partial charge in [-0.3, -0.25) is 20.4 Å². The Morgan fingerprint density at radius 3 is 2.52 bits per heavy atom. The molecular formula is C19H18ClN3O4. The monoisotopic (exact) mass is 387 g/mol. The second-order valence-electron chi connectivity index (χ2n) is 5.59. The van der Waals surface area contributed by atoms with E-state index in [4.69, 9.17) is 21.1 Å². The van der Waals surface area contributed by atoms with Crippen molar-refractivity contribution in [2.75, 3.05) is 13.2 Å². The highest BCUT2D eigenvalue weighted by molar-refractivity contribution is 6.31. The summed E-state index contributed by atoms with van der Waals surface area (Å²) in [5.74, 6) is 0.0149. The van der Waals surface area contributed by atoms with Crippen LogP contribution < -0.4 is 20.3 Å². The van der Waals surface area contributed by atoms with Crippen molar-refractivity contribution >= 4 is 34.3 Å². The van der Waals surface area contributed by atoms with Gasteiger partial charge in [0.25, 0.3) is 11.8 Å². The first-order chi connectivity index (χ1) is 13.1. The number of halogens is 1. The van der Waals surface area contributed by atoms with Gasteiger partial charge in [-0.15, -0.1) is 0 Å². The Hall–Kier alpha value is -3.19. The molecule has 0 radical (unpaired) electrons. The van der Waals surface area contributed by atoms with E-state index in [-0.39, 0.29) is 6.61 Å². The number of carbonyl (C=O) groups is 2. The minimum atomic E-state index is -0.506. The van der Waals surface area contributed by atoms with Gasteiger partial charge in [-0.1, -0.05) is 23.7 Å². The van der Waals surface area contributed by atoms with E-state index in [2.05, 4.69) is 15.8 Å². The van der Waals surface area contributed by atoms with E-state index in [0.29, 0.717) is 28.8 Å². The highest BCUT2D eigenvalue weighted by atomic mass is 35.5. The number of H-pyrrole nitrogens is 1. The molecule has 0 aliphatic rings. The summed E-state index contributed by atoms with van der Waals surface area (Å²) < 4.78 is 10.9. The van der Waals surface area contributed by atoms with Gasteiger partial charge in [-0.25, -0.2) is 0 Å². The summed E-state index contributed by atoms with van der Waals surface area (Å²) in [5.41, 5.74) is 5.72. The van der Waals surface area contributed by atoms with Crippen LogP contribution in [-0.2, 0) is 4.79 Å². The van der Waals surface area contributed by atoms with Crippen LogP contribution in [0.4, 0.5) is 0 Å². The first kappa shape index (κ1) is 18.6. The standard InChI is InChI=1S/C19H18ClN3O4/c1-2-26-16-5-3-4-6-17(16)27-11-18(24)22-23-19(25)15-10-12-9-13(20)7-8-14(12)21-15/h3-10,21H,2,11H2,1H3,(H,22,24)(H,23,25). The summed E-state index contributed by atoms with van der Waals surface area (Å²) in [5, 5.41) is 1.38. The smallest absolute Gasteiger partial charge is 0.286 e. The van der Waals surface area contributed by atoms with E-state index in [1.54, 1.807) is 42.5 Å². The lowest BCUT2D eigenvalue weighted by Crippen LogP contribution is -2.43. The second-order valence-corrected chi connectivity index (χ2v) is 6.02. The fourth-order valence-corrected chi connectivity index (χ4v) is 2.62. The topological polar surface area (TPSA) is 92.4 Å². The van der Waals surface area contributed by atoms with Crippen LogP contribution in [0.15, 0.2) is 48.5 Å². The first-order valence-corrected chi connectivity index (χ1v) is 8.66. The van der Waals surface area contributed by atoms with Gasteiger partial charge in [0.2, 0.25) is 0 Å². The molecule has 0 saturated carbocycles. The molecule has 0 bridgehead atoms. The van der Waals surface area contributed by atoms with Crippen LogP contribution in [0, 0.1) is 0 Å². The molecule has 27 heavy (non-hydrogen) atoms. The van der Waals surface area contributed by atoms with Crippen LogP contribution in [0.25, 0.3) is 10.9 Å². The number of fused-ring (bicyclic) bond motifs is 1. The summed E-state index contributed by atoms with van der Waals surface area (Å²) in [6.07, 6.45) is 0. The lowest BCUT2D eigenvalue weighted by atomic mass is 10.2. The van der Waals surface area contributed by atoms with Crippen molar-refractivity contribution in [2.45, 2.75) is 6.92 Å². The number of hydrogen-bond donors (Lipinski definition) is 3. The highest BCUT2D eigenvalue weighted by Crippen LogP contribution is 2.26. The zero-order valence-corrected chi connectivity index (χ0v) is 15.3. The Morgan fingerprint density at radius 1 is 1.04 bits per heavy atom. The van der Waals surface area contributed by atoms with Crippen molar-refractivity contribution in [2.24, 2.45) is 0 Å². The average Bonchev–Trinajstić information content (AvgIpc) is 3.09. The molecule has 0 saturated heterocycles. The number of hydrogen-bond acceptors (Lipinski definition) is 4. The van der Waals surface area contributed by atoms with Crippen molar-refractivity contribution in [3.05, 3.63) is 59.2 Å². The molecule has 1 heterocycles. The molecule has 7 nitrogen and oxygen atoms in total. The van der Waals surface area contributed by atoms with Crippen molar-refractivity contribution in [3.8, 4) is 11.5 Å². The highest BCUT2D eigenvalue weighted by Gasteiger charge is 2.12. The minimum Gasteiger partial charge on any atom is -0.490 e.